The van der Waals surface area contributed by atoms with Crippen LogP contribution in [0.2, 0.25) is 0 Å². The number of aromatic nitrogens is 2. The van der Waals surface area contributed by atoms with Crippen molar-refractivity contribution >= 4 is 11.7 Å². The molecule has 0 spiro atoms. The fourth-order valence-corrected chi connectivity index (χ4v) is 1.75. The van der Waals surface area contributed by atoms with Gasteiger partial charge in [0.2, 0.25) is 11.5 Å². The molecule has 0 aliphatic rings. The molecule has 0 aliphatic carbocycles. The summed E-state index contributed by atoms with van der Waals surface area (Å²) in [7, 11) is 1.68. The number of rotatable bonds is 4. The van der Waals surface area contributed by atoms with Gasteiger partial charge in [0.15, 0.2) is 0 Å². The zero-order valence-corrected chi connectivity index (χ0v) is 11.0. The molecule has 2 aromatic rings. The monoisotopic (exact) mass is 260 g/mol. The molecule has 0 aliphatic heterocycles. The molecule has 0 saturated carbocycles. The zero-order chi connectivity index (χ0) is 13.8. The predicted molar refractivity (Wildman–Crippen MR) is 70.3 cm³/mol. The third-order valence-electron chi connectivity index (χ3n) is 2.91. The number of anilines is 1. The molecule has 1 heterocycles. The van der Waals surface area contributed by atoms with E-state index in [9.17, 15) is 4.79 Å². The van der Waals surface area contributed by atoms with Crippen molar-refractivity contribution in [2.24, 2.45) is 0 Å². The van der Waals surface area contributed by atoms with Crippen LogP contribution >= 0.6 is 0 Å². The number of amides is 1. The minimum atomic E-state index is -0.307. The average molecular weight is 260 g/mol. The standard InChI is InChI=1S/C13H16N4O2/c1-3-9-4-6-10(7-5-9)8-17(2)13(18)11-12(14)16-19-15-11/h4-7H,3,8H2,1-2H3,(H2,14,16). The first-order valence-electron chi connectivity index (χ1n) is 6.03. The summed E-state index contributed by atoms with van der Waals surface area (Å²) in [4.78, 5) is 13.6. The maximum Gasteiger partial charge on any atom is 0.280 e. The number of carbonyl (C=O) groups excluding carboxylic acids is 1. The minimum Gasteiger partial charge on any atom is -0.379 e. The van der Waals surface area contributed by atoms with Crippen LogP contribution in [0.25, 0.3) is 0 Å². The Kier molecular flexibility index (Phi) is 3.79. The molecule has 0 bridgehead atoms. The third kappa shape index (κ3) is 2.90. The maximum atomic E-state index is 12.0. The van der Waals surface area contributed by atoms with E-state index in [1.54, 1.807) is 7.05 Å². The maximum absolute atomic E-state index is 12.0. The van der Waals surface area contributed by atoms with Crippen LogP contribution in [-0.2, 0) is 13.0 Å². The lowest BCUT2D eigenvalue weighted by molar-refractivity contribution is 0.0774. The van der Waals surface area contributed by atoms with Crippen LogP contribution in [0.15, 0.2) is 28.9 Å². The van der Waals surface area contributed by atoms with Crippen molar-refractivity contribution in [1.29, 1.82) is 0 Å². The van der Waals surface area contributed by atoms with Gasteiger partial charge in [0.1, 0.15) is 0 Å². The van der Waals surface area contributed by atoms with Crippen LogP contribution in [0.4, 0.5) is 5.82 Å². The predicted octanol–water partition coefficient (Wildman–Crippen LogP) is 1.49. The summed E-state index contributed by atoms with van der Waals surface area (Å²) in [6.45, 7) is 2.58. The Hall–Kier alpha value is -2.37. The Balaban J connectivity index is 2.06. The highest BCUT2D eigenvalue weighted by Crippen LogP contribution is 2.11. The summed E-state index contributed by atoms with van der Waals surface area (Å²) in [5.41, 5.74) is 7.86. The van der Waals surface area contributed by atoms with Gasteiger partial charge in [-0.05, 0) is 27.9 Å². The van der Waals surface area contributed by atoms with Gasteiger partial charge >= 0.3 is 0 Å². The van der Waals surface area contributed by atoms with E-state index in [1.165, 1.54) is 10.5 Å². The Labute approximate surface area is 111 Å². The van der Waals surface area contributed by atoms with Crippen LogP contribution < -0.4 is 5.73 Å². The second-order valence-corrected chi connectivity index (χ2v) is 4.33. The van der Waals surface area contributed by atoms with Gasteiger partial charge in [0, 0.05) is 13.6 Å². The molecule has 2 N–H and O–H groups in total. The first kappa shape index (κ1) is 13.1. The number of benzene rings is 1. The summed E-state index contributed by atoms with van der Waals surface area (Å²) < 4.78 is 4.42. The van der Waals surface area contributed by atoms with E-state index in [4.69, 9.17) is 5.73 Å². The normalized spacial score (nSPS) is 10.4. The number of carbonyl (C=O) groups is 1. The molecule has 19 heavy (non-hydrogen) atoms. The van der Waals surface area contributed by atoms with Gasteiger partial charge in [-0.2, -0.15) is 0 Å². The van der Waals surface area contributed by atoms with Gasteiger partial charge < -0.3 is 10.6 Å². The van der Waals surface area contributed by atoms with E-state index in [1.807, 2.05) is 12.1 Å². The average Bonchev–Trinajstić information content (AvgIpc) is 2.85. The van der Waals surface area contributed by atoms with Gasteiger partial charge in [-0.3, -0.25) is 4.79 Å². The quantitative estimate of drug-likeness (QED) is 0.900. The van der Waals surface area contributed by atoms with Crippen molar-refractivity contribution in [3.8, 4) is 0 Å². The summed E-state index contributed by atoms with van der Waals surface area (Å²) in [5, 5.41) is 6.90. The molecule has 0 atom stereocenters. The van der Waals surface area contributed by atoms with E-state index in [0.29, 0.717) is 6.54 Å². The van der Waals surface area contributed by atoms with Gasteiger partial charge in [0.25, 0.3) is 5.91 Å². The van der Waals surface area contributed by atoms with Gasteiger partial charge in [0.05, 0.1) is 0 Å². The number of aryl methyl sites for hydroxylation is 1. The molecule has 1 aromatic heterocycles. The molecule has 2 rings (SSSR count). The fourth-order valence-electron chi connectivity index (χ4n) is 1.75. The number of nitrogen functional groups attached to an aromatic ring is 1. The highest BCUT2D eigenvalue weighted by Gasteiger charge is 2.20. The van der Waals surface area contributed by atoms with Gasteiger partial charge in [-0.25, -0.2) is 4.63 Å². The van der Waals surface area contributed by atoms with Crippen LogP contribution in [0.1, 0.15) is 28.5 Å². The lowest BCUT2D eigenvalue weighted by Crippen LogP contribution is -2.27. The van der Waals surface area contributed by atoms with Crippen LogP contribution in [0, 0.1) is 0 Å². The smallest absolute Gasteiger partial charge is 0.280 e. The van der Waals surface area contributed by atoms with Crippen molar-refractivity contribution in [2.45, 2.75) is 19.9 Å². The van der Waals surface area contributed by atoms with Gasteiger partial charge in [-0.1, -0.05) is 31.2 Å². The van der Waals surface area contributed by atoms with E-state index in [0.717, 1.165) is 12.0 Å². The molecular weight excluding hydrogens is 244 g/mol. The number of nitrogens with zero attached hydrogens (tertiary/aromatic N) is 3. The van der Waals surface area contributed by atoms with Crippen LogP contribution in [0.5, 0.6) is 0 Å². The van der Waals surface area contributed by atoms with Crippen molar-refractivity contribution in [1.82, 2.24) is 15.2 Å². The summed E-state index contributed by atoms with van der Waals surface area (Å²) in [6.07, 6.45) is 0.996. The van der Waals surface area contributed by atoms with E-state index >= 15 is 0 Å². The summed E-state index contributed by atoms with van der Waals surface area (Å²) in [6, 6.07) is 8.12. The molecule has 1 aromatic carbocycles. The number of nitrogens with two attached hydrogens (primary N) is 1. The number of hydrogen-bond acceptors (Lipinski definition) is 5. The largest absolute Gasteiger partial charge is 0.379 e. The van der Waals surface area contributed by atoms with Crippen molar-refractivity contribution in [3.05, 3.63) is 41.1 Å². The number of hydrogen-bond donors (Lipinski definition) is 1. The second-order valence-electron chi connectivity index (χ2n) is 4.33. The van der Waals surface area contributed by atoms with Crippen LogP contribution in [-0.4, -0.2) is 28.2 Å². The Morgan fingerprint density at radius 2 is 1.89 bits per heavy atom. The van der Waals surface area contributed by atoms with E-state index < -0.39 is 0 Å². The fraction of sp³-hybridized carbons (Fsp3) is 0.308. The highest BCUT2D eigenvalue weighted by atomic mass is 16.6. The van der Waals surface area contributed by atoms with Crippen LogP contribution in [0.3, 0.4) is 0 Å². The topological polar surface area (TPSA) is 85.2 Å². The second kappa shape index (κ2) is 5.51. The van der Waals surface area contributed by atoms with E-state index in [2.05, 4.69) is 34.0 Å². The molecule has 6 nitrogen and oxygen atoms in total. The molecule has 0 fully saturated rings. The third-order valence-corrected chi connectivity index (χ3v) is 2.91. The molecule has 0 unspecified atom stereocenters. The first-order valence-corrected chi connectivity index (χ1v) is 6.03. The Morgan fingerprint density at radius 1 is 1.26 bits per heavy atom. The Bertz CT molecular complexity index is 562. The minimum absolute atomic E-state index is 0.0122. The van der Waals surface area contributed by atoms with Crippen molar-refractivity contribution < 1.29 is 9.42 Å². The lowest BCUT2D eigenvalue weighted by atomic mass is 10.1. The lowest BCUT2D eigenvalue weighted by Gasteiger charge is -2.15. The van der Waals surface area contributed by atoms with Crippen molar-refractivity contribution in [3.63, 3.8) is 0 Å². The van der Waals surface area contributed by atoms with Gasteiger partial charge in [-0.15, -0.1) is 0 Å². The first-order chi connectivity index (χ1) is 9.11. The summed E-state index contributed by atoms with van der Waals surface area (Å²) >= 11 is 0. The molecule has 0 saturated heterocycles. The zero-order valence-electron chi connectivity index (χ0n) is 11.0. The SMILES string of the molecule is CCc1ccc(CN(C)C(=O)c2nonc2N)cc1. The van der Waals surface area contributed by atoms with E-state index in [-0.39, 0.29) is 17.4 Å². The van der Waals surface area contributed by atoms with Crippen molar-refractivity contribution in [2.75, 3.05) is 12.8 Å². The molecular formula is C13H16N4O2. The Morgan fingerprint density at radius 3 is 2.42 bits per heavy atom. The highest BCUT2D eigenvalue weighted by molar-refractivity contribution is 5.95. The summed E-state index contributed by atoms with van der Waals surface area (Å²) in [5.74, 6) is -0.295. The molecule has 100 valence electrons. The molecule has 0 radical (unpaired) electrons. The molecule has 1 amide bonds. The molecule has 6 heteroatoms.